The molecule has 0 amide bonds. The molecule has 6 heteroatoms. The lowest BCUT2D eigenvalue weighted by Gasteiger charge is -2.23. The van der Waals surface area contributed by atoms with Gasteiger partial charge in [-0.25, -0.2) is 9.98 Å². The third-order valence-corrected chi connectivity index (χ3v) is 3.88. The van der Waals surface area contributed by atoms with Gasteiger partial charge in [-0.2, -0.15) is 0 Å². The Hall–Kier alpha value is -1.05. The molecule has 0 aliphatic carbocycles. The Bertz CT molecular complexity index is 528. The van der Waals surface area contributed by atoms with E-state index in [1.165, 1.54) is 6.42 Å². The number of hydrogen-bond donors (Lipinski definition) is 1. The molecule has 2 heterocycles. The summed E-state index contributed by atoms with van der Waals surface area (Å²) in [5.41, 5.74) is 1.46. The van der Waals surface area contributed by atoms with Crippen LogP contribution in [0.3, 0.4) is 0 Å². The average molecular weight is 446 g/mol. The van der Waals surface area contributed by atoms with E-state index in [0.717, 1.165) is 31.2 Å². The van der Waals surface area contributed by atoms with Gasteiger partial charge in [-0.1, -0.05) is 19.9 Å². The van der Waals surface area contributed by atoms with Crippen LogP contribution in [-0.2, 0) is 6.54 Å². The van der Waals surface area contributed by atoms with E-state index in [1.807, 2.05) is 32.2 Å². The molecule has 1 saturated heterocycles. The van der Waals surface area contributed by atoms with E-state index in [-0.39, 0.29) is 30.1 Å². The molecule has 0 unspecified atom stereocenters. The van der Waals surface area contributed by atoms with Crippen molar-refractivity contribution in [3.8, 4) is 5.88 Å². The van der Waals surface area contributed by atoms with Crippen molar-refractivity contribution in [3.63, 3.8) is 0 Å². The summed E-state index contributed by atoms with van der Waals surface area (Å²) in [7, 11) is 0. The molecule has 0 spiro atoms. The number of ether oxygens (including phenoxy) is 1. The summed E-state index contributed by atoms with van der Waals surface area (Å²) in [4.78, 5) is 11.5. The Morgan fingerprint density at radius 1 is 1.42 bits per heavy atom. The van der Waals surface area contributed by atoms with Crippen LogP contribution in [0, 0.1) is 5.41 Å². The van der Waals surface area contributed by atoms with Gasteiger partial charge in [0.2, 0.25) is 5.88 Å². The largest absolute Gasteiger partial charge is 0.475 e. The molecule has 1 aliphatic rings. The Morgan fingerprint density at radius 2 is 2.17 bits per heavy atom. The number of nitrogens with zero attached hydrogens (tertiary/aromatic N) is 3. The standard InChI is InChI=1S/C18H30N4O.HI/c1-6-19-17(22-10-9-18(4,5)13-22)21-12-15-7-8-16(20-11-15)23-14(2)3;/h7-8,11,14H,6,9-10,12-13H2,1-5H3,(H,19,21);1H. The lowest BCUT2D eigenvalue weighted by Crippen LogP contribution is -2.40. The predicted octanol–water partition coefficient (Wildman–Crippen LogP) is 3.68. The van der Waals surface area contributed by atoms with Gasteiger partial charge in [-0.05, 0) is 38.2 Å². The zero-order valence-electron chi connectivity index (χ0n) is 15.5. The van der Waals surface area contributed by atoms with Crippen molar-refractivity contribution in [2.75, 3.05) is 19.6 Å². The number of rotatable bonds is 5. The number of aromatic nitrogens is 1. The molecule has 0 bridgehead atoms. The maximum Gasteiger partial charge on any atom is 0.213 e. The molecule has 1 aromatic heterocycles. The summed E-state index contributed by atoms with van der Waals surface area (Å²) in [6, 6.07) is 3.95. The maximum absolute atomic E-state index is 5.57. The van der Waals surface area contributed by atoms with Gasteiger partial charge in [-0.15, -0.1) is 24.0 Å². The number of likely N-dealkylation sites (tertiary alicyclic amines) is 1. The van der Waals surface area contributed by atoms with E-state index in [1.54, 1.807) is 0 Å². The highest BCUT2D eigenvalue weighted by molar-refractivity contribution is 14.0. The van der Waals surface area contributed by atoms with Crippen LogP contribution in [0.2, 0.25) is 0 Å². The normalized spacial score (nSPS) is 16.9. The smallest absolute Gasteiger partial charge is 0.213 e. The Labute approximate surface area is 163 Å². The Kier molecular flexibility index (Phi) is 8.26. The zero-order valence-corrected chi connectivity index (χ0v) is 17.8. The van der Waals surface area contributed by atoms with Crippen LogP contribution < -0.4 is 10.1 Å². The first-order chi connectivity index (χ1) is 10.9. The van der Waals surface area contributed by atoms with E-state index >= 15 is 0 Å². The fraction of sp³-hybridized carbons (Fsp3) is 0.667. The summed E-state index contributed by atoms with van der Waals surface area (Å²) < 4.78 is 5.57. The number of nitrogens with one attached hydrogen (secondary N) is 1. The molecule has 0 atom stereocenters. The van der Waals surface area contributed by atoms with Crippen molar-refractivity contribution in [2.24, 2.45) is 10.4 Å². The monoisotopic (exact) mass is 446 g/mol. The van der Waals surface area contributed by atoms with Gasteiger partial charge in [0.05, 0.1) is 12.6 Å². The second-order valence-electron chi connectivity index (χ2n) is 7.18. The van der Waals surface area contributed by atoms with Crippen LogP contribution in [0.1, 0.15) is 46.6 Å². The number of pyridine rings is 1. The molecule has 0 radical (unpaired) electrons. The van der Waals surface area contributed by atoms with Gasteiger partial charge in [-0.3, -0.25) is 0 Å². The fourth-order valence-electron chi connectivity index (χ4n) is 2.70. The number of guanidine groups is 1. The van der Waals surface area contributed by atoms with Crippen molar-refractivity contribution in [1.29, 1.82) is 0 Å². The molecule has 0 aromatic carbocycles. The average Bonchev–Trinajstić information content (AvgIpc) is 2.84. The van der Waals surface area contributed by atoms with Gasteiger partial charge >= 0.3 is 0 Å². The highest BCUT2D eigenvalue weighted by Gasteiger charge is 2.30. The topological polar surface area (TPSA) is 49.8 Å². The van der Waals surface area contributed by atoms with E-state index in [2.05, 4.69) is 36.0 Å². The van der Waals surface area contributed by atoms with Crippen molar-refractivity contribution in [1.82, 2.24) is 15.2 Å². The molecule has 5 nitrogen and oxygen atoms in total. The van der Waals surface area contributed by atoms with Gasteiger partial charge in [0.15, 0.2) is 5.96 Å². The van der Waals surface area contributed by atoms with Gasteiger partial charge in [0.25, 0.3) is 0 Å². The summed E-state index contributed by atoms with van der Waals surface area (Å²) in [5, 5.41) is 3.40. The van der Waals surface area contributed by atoms with Crippen molar-refractivity contribution < 1.29 is 4.74 Å². The highest BCUT2D eigenvalue weighted by Crippen LogP contribution is 2.28. The predicted molar refractivity (Wildman–Crippen MR) is 110 cm³/mol. The van der Waals surface area contributed by atoms with Crippen molar-refractivity contribution in [2.45, 2.75) is 53.7 Å². The van der Waals surface area contributed by atoms with Gasteiger partial charge < -0.3 is 15.0 Å². The zero-order chi connectivity index (χ0) is 16.9. The van der Waals surface area contributed by atoms with E-state index < -0.39 is 0 Å². The lowest BCUT2D eigenvalue weighted by molar-refractivity contribution is 0.232. The first-order valence-corrected chi connectivity index (χ1v) is 8.54. The first kappa shape index (κ1) is 21.0. The van der Waals surface area contributed by atoms with Crippen LogP contribution in [0.5, 0.6) is 5.88 Å². The molecule has 24 heavy (non-hydrogen) atoms. The highest BCUT2D eigenvalue weighted by atomic mass is 127. The maximum atomic E-state index is 5.57. The van der Waals surface area contributed by atoms with Crippen LogP contribution in [0.25, 0.3) is 0 Å². The van der Waals surface area contributed by atoms with E-state index in [9.17, 15) is 0 Å². The van der Waals surface area contributed by atoms with E-state index in [4.69, 9.17) is 9.73 Å². The van der Waals surface area contributed by atoms with Crippen LogP contribution in [0.4, 0.5) is 0 Å². The molecule has 2 rings (SSSR count). The Morgan fingerprint density at radius 3 is 2.67 bits per heavy atom. The summed E-state index contributed by atoms with van der Waals surface area (Å²) in [6.45, 7) is 14.4. The number of hydrogen-bond acceptors (Lipinski definition) is 3. The number of halogens is 1. The molecule has 1 aliphatic heterocycles. The quantitative estimate of drug-likeness (QED) is 0.426. The molecule has 1 fully saturated rings. The SMILES string of the molecule is CCNC(=NCc1ccc(OC(C)C)nc1)N1CCC(C)(C)C1.I. The molecule has 1 aromatic rings. The fourth-order valence-corrected chi connectivity index (χ4v) is 2.70. The van der Waals surface area contributed by atoms with Gasteiger partial charge in [0.1, 0.15) is 0 Å². The number of aliphatic imine (C=N–C) groups is 1. The van der Waals surface area contributed by atoms with Crippen LogP contribution in [0.15, 0.2) is 23.3 Å². The molecule has 136 valence electrons. The lowest BCUT2D eigenvalue weighted by atomic mass is 9.93. The summed E-state index contributed by atoms with van der Waals surface area (Å²) >= 11 is 0. The third-order valence-electron chi connectivity index (χ3n) is 3.88. The van der Waals surface area contributed by atoms with E-state index in [0.29, 0.717) is 17.8 Å². The molecular formula is C18H31IN4O. The second-order valence-corrected chi connectivity index (χ2v) is 7.18. The second kappa shape index (κ2) is 9.44. The minimum atomic E-state index is 0. The summed E-state index contributed by atoms with van der Waals surface area (Å²) in [6.07, 6.45) is 3.20. The van der Waals surface area contributed by atoms with Crippen LogP contribution >= 0.6 is 24.0 Å². The molecule has 0 saturated carbocycles. The Balaban J connectivity index is 0.00000288. The minimum Gasteiger partial charge on any atom is -0.475 e. The third kappa shape index (κ3) is 6.45. The van der Waals surface area contributed by atoms with Crippen molar-refractivity contribution in [3.05, 3.63) is 23.9 Å². The van der Waals surface area contributed by atoms with Gasteiger partial charge in [0, 0.05) is 31.9 Å². The van der Waals surface area contributed by atoms with Crippen molar-refractivity contribution >= 4 is 29.9 Å². The summed E-state index contributed by atoms with van der Waals surface area (Å²) in [5.74, 6) is 1.67. The molecule has 1 N–H and O–H groups in total. The van der Waals surface area contributed by atoms with Crippen LogP contribution in [-0.4, -0.2) is 41.6 Å². The molecular weight excluding hydrogens is 415 g/mol. The minimum absolute atomic E-state index is 0. The first-order valence-electron chi connectivity index (χ1n) is 8.54.